The largest absolute Gasteiger partial charge is 0.378 e. The molecule has 2 N–H and O–H groups in total. The molecule has 4 aromatic rings. The second-order valence-corrected chi connectivity index (χ2v) is 9.74. The van der Waals surface area contributed by atoms with Crippen molar-refractivity contribution in [3.8, 4) is 16.8 Å². The number of imidazole rings is 1. The van der Waals surface area contributed by atoms with Gasteiger partial charge in [-0.2, -0.15) is 0 Å². The van der Waals surface area contributed by atoms with E-state index in [0.29, 0.717) is 5.95 Å². The maximum Gasteiger partial charge on any atom is 0.205 e. The standard InChI is InChI=1S/C23H23N5O3S/c1-32(29,30)22-9-3-17(15-25-22)16-2-8-20-21(14-16)28(23(24)26-20)19-6-4-18(5-7-19)27-10-12-31-13-11-27/h2-9,14-15H,10-13H2,1H3,(H2,24,26). The maximum absolute atomic E-state index is 11.7. The average molecular weight is 450 g/mol. The predicted octanol–water partition coefficient (Wildman–Crippen LogP) is 2.91. The van der Waals surface area contributed by atoms with Crippen LogP contribution in [0.3, 0.4) is 0 Å². The Kier molecular flexibility index (Phi) is 5.07. The zero-order valence-corrected chi connectivity index (χ0v) is 18.4. The van der Waals surface area contributed by atoms with Crippen LogP contribution in [0.25, 0.3) is 27.8 Å². The number of sulfone groups is 1. The van der Waals surface area contributed by atoms with Gasteiger partial charge >= 0.3 is 0 Å². The lowest BCUT2D eigenvalue weighted by Crippen LogP contribution is -2.36. The molecule has 0 aliphatic carbocycles. The van der Waals surface area contributed by atoms with Crippen molar-refractivity contribution < 1.29 is 13.2 Å². The topological polar surface area (TPSA) is 103 Å². The summed E-state index contributed by atoms with van der Waals surface area (Å²) in [4.78, 5) is 10.9. The lowest BCUT2D eigenvalue weighted by Gasteiger charge is -2.29. The number of nitrogens with two attached hydrogens (primary N) is 1. The Balaban J connectivity index is 1.52. The van der Waals surface area contributed by atoms with Gasteiger partial charge in [-0.3, -0.25) is 4.57 Å². The number of benzene rings is 2. The van der Waals surface area contributed by atoms with Crippen molar-refractivity contribution >= 4 is 32.5 Å². The molecule has 1 aliphatic rings. The van der Waals surface area contributed by atoms with E-state index in [-0.39, 0.29) is 5.03 Å². The molecule has 0 bridgehead atoms. The van der Waals surface area contributed by atoms with Crippen LogP contribution in [-0.4, -0.2) is 55.5 Å². The number of hydrogen-bond donors (Lipinski definition) is 1. The quantitative estimate of drug-likeness (QED) is 0.511. The fraction of sp³-hybridized carbons (Fsp3) is 0.217. The summed E-state index contributed by atoms with van der Waals surface area (Å²) in [6.45, 7) is 3.24. The maximum atomic E-state index is 11.7. The Hall–Kier alpha value is -3.43. The van der Waals surface area contributed by atoms with Crippen LogP contribution in [0.2, 0.25) is 0 Å². The molecule has 8 nitrogen and oxygen atoms in total. The van der Waals surface area contributed by atoms with Crippen molar-refractivity contribution in [2.24, 2.45) is 0 Å². The highest BCUT2D eigenvalue weighted by molar-refractivity contribution is 7.90. The Morgan fingerprint density at radius 3 is 2.28 bits per heavy atom. The molecule has 0 spiro atoms. The van der Waals surface area contributed by atoms with E-state index in [4.69, 9.17) is 10.5 Å². The minimum atomic E-state index is -3.34. The monoisotopic (exact) mass is 449 g/mol. The van der Waals surface area contributed by atoms with Crippen LogP contribution >= 0.6 is 0 Å². The Morgan fingerprint density at radius 1 is 0.938 bits per heavy atom. The highest BCUT2D eigenvalue weighted by atomic mass is 32.2. The zero-order chi connectivity index (χ0) is 22.3. The van der Waals surface area contributed by atoms with Gasteiger partial charge in [0.2, 0.25) is 5.95 Å². The highest BCUT2D eigenvalue weighted by Crippen LogP contribution is 2.29. The summed E-state index contributed by atoms with van der Waals surface area (Å²) in [6.07, 6.45) is 2.71. The van der Waals surface area contributed by atoms with Gasteiger partial charge < -0.3 is 15.4 Å². The molecule has 32 heavy (non-hydrogen) atoms. The number of anilines is 2. The summed E-state index contributed by atoms with van der Waals surface area (Å²) in [5.74, 6) is 0.404. The Bertz CT molecular complexity index is 1370. The van der Waals surface area contributed by atoms with E-state index in [1.165, 1.54) is 6.07 Å². The molecule has 2 aromatic carbocycles. The van der Waals surface area contributed by atoms with Crippen molar-refractivity contribution in [2.75, 3.05) is 43.2 Å². The number of hydrogen-bond acceptors (Lipinski definition) is 7. The second kappa shape index (κ2) is 7.92. The highest BCUT2D eigenvalue weighted by Gasteiger charge is 2.15. The molecular weight excluding hydrogens is 426 g/mol. The molecule has 0 atom stereocenters. The smallest absolute Gasteiger partial charge is 0.205 e. The predicted molar refractivity (Wildman–Crippen MR) is 125 cm³/mol. The minimum absolute atomic E-state index is 0.0528. The van der Waals surface area contributed by atoms with Crippen molar-refractivity contribution in [3.63, 3.8) is 0 Å². The Morgan fingerprint density at radius 2 is 1.62 bits per heavy atom. The van der Waals surface area contributed by atoms with Crippen LogP contribution in [0.1, 0.15) is 0 Å². The van der Waals surface area contributed by atoms with E-state index < -0.39 is 9.84 Å². The van der Waals surface area contributed by atoms with E-state index in [9.17, 15) is 8.42 Å². The first kappa shape index (κ1) is 20.5. The van der Waals surface area contributed by atoms with Gasteiger partial charge in [-0.25, -0.2) is 18.4 Å². The zero-order valence-electron chi connectivity index (χ0n) is 17.6. The van der Waals surface area contributed by atoms with E-state index in [1.807, 2.05) is 34.9 Å². The molecule has 1 saturated heterocycles. The van der Waals surface area contributed by atoms with Crippen LogP contribution in [0.4, 0.5) is 11.6 Å². The third kappa shape index (κ3) is 3.80. The second-order valence-electron chi connectivity index (χ2n) is 7.78. The van der Waals surface area contributed by atoms with Crippen LogP contribution in [0, 0.1) is 0 Å². The third-order valence-corrected chi connectivity index (χ3v) is 6.62. The fourth-order valence-corrected chi connectivity index (χ4v) is 4.51. The van der Waals surface area contributed by atoms with E-state index in [0.717, 1.165) is 66.1 Å². The number of ether oxygens (including phenoxy) is 1. The summed E-state index contributed by atoms with van der Waals surface area (Å²) < 4.78 is 30.7. The first-order valence-electron chi connectivity index (χ1n) is 10.3. The van der Waals surface area contributed by atoms with Crippen LogP contribution in [-0.2, 0) is 14.6 Å². The molecular formula is C23H23N5O3S. The van der Waals surface area contributed by atoms with Gasteiger partial charge in [0.25, 0.3) is 0 Å². The molecule has 0 amide bonds. The molecule has 0 unspecified atom stereocenters. The first-order chi connectivity index (χ1) is 15.4. The summed E-state index contributed by atoms with van der Waals surface area (Å²) in [5, 5.41) is 0.0528. The summed E-state index contributed by atoms with van der Waals surface area (Å²) >= 11 is 0. The van der Waals surface area contributed by atoms with Crippen molar-refractivity contribution in [1.82, 2.24) is 14.5 Å². The summed E-state index contributed by atoms with van der Waals surface area (Å²) in [7, 11) is -3.34. The Labute approximate surface area is 186 Å². The average Bonchev–Trinajstić information content (AvgIpc) is 3.14. The molecule has 0 saturated carbocycles. The molecule has 1 aliphatic heterocycles. The first-order valence-corrected chi connectivity index (χ1v) is 12.2. The van der Waals surface area contributed by atoms with Crippen molar-refractivity contribution in [1.29, 1.82) is 0 Å². The number of aromatic nitrogens is 3. The number of nitrogens with zero attached hydrogens (tertiary/aromatic N) is 4. The minimum Gasteiger partial charge on any atom is -0.378 e. The van der Waals surface area contributed by atoms with Crippen molar-refractivity contribution in [2.45, 2.75) is 5.03 Å². The van der Waals surface area contributed by atoms with E-state index in [2.05, 4.69) is 27.0 Å². The normalized spacial score (nSPS) is 14.7. The molecule has 3 heterocycles. The van der Waals surface area contributed by atoms with E-state index in [1.54, 1.807) is 12.3 Å². The lowest BCUT2D eigenvalue weighted by molar-refractivity contribution is 0.122. The van der Waals surface area contributed by atoms with E-state index >= 15 is 0 Å². The molecule has 0 radical (unpaired) electrons. The van der Waals surface area contributed by atoms with Gasteiger partial charge in [0.15, 0.2) is 14.9 Å². The fourth-order valence-electron chi connectivity index (χ4n) is 3.95. The molecule has 1 fully saturated rings. The third-order valence-electron chi connectivity index (χ3n) is 5.61. The lowest BCUT2D eigenvalue weighted by atomic mass is 10.1. The number of nitrogen functional groups attached to an aromatic ring is 1. The summed E-state index contributed by atoms with van der Waals surface area (Å²) in [6, 6.07) is 17.4. The number of fused-ring (bicyclic) bond motifs is 1. The van der Waals surface area contributed by atoms with Gasteiger partial charge in [-0.1, -0.05) is 6.07 Å². The number of rotatable bonds is 4. The number of morpholine rings is 1. The van der Waals surface area contributed by atoms with Gasteiger partial charge in [-0.05, 0) is 54.1 Å². The molecule has 2 aromatic heterocycles. The summed E-state index contributed by atoms with van der Waals surface area (Å²) in [5.41, 5.74) is 11.7. The SMILES string of the molecule is CS(=O)(=O)c1ccc(-c2ccc3nc(N)n(-c4ccc(N5CCOCC5)cc4)c3c2)cn1. The number of pyridine rings is 1. The van der Waals surface area contributed by atoms with Gasteiger partial charge in [-0.15, -0.1) is 0 Å². The molecule has 5 rings (SSSR count). The van der Waals surface area contributed by atoms with Crippen LogP contribution < -0.4 is 10.6 Å². The van der Waals surface area contributed by atoms with Crippen molar-refractivity contribution in [3.05, 3.63) is 60.8 Å². The van der Waals surface area contributed by atoms with Gasteiger partial charge in [0.1, 0.15) is 0 Å². The van der Waals surface area contributed by atoms with Gasteiger partial charge in [0, 0.05) is 42.5 Å². The molecule has 9 heteroatoms. The van der Waals surface area contributed by atoms with Crippen LogP contribution in [0.5, 0.6) is 0 Å². The van der Waals surface area contributed by atoms with Crippen LogP contribution in [0.15, 0.2) is 65.8 Å². The molecule has 164 valence electrons. The van der Waals surface area contributed by atoms with Gasteiger partial charge in [0.05, 0.1) is 24.2 Å².